The largest absolute Gasteiger partial charge is 0.476 e. The Kier molecular flexibility index (Phi) is 4.52. The van der Waals surface area contributed by atoms with Crippen molar-refractivity contribution in [1.29, 1.82) is 0 Å². The number of nitrogens with zero attached hydrogens (tertiary/aromatic N) is 1. The van der Waals surface area contributed by atoms with Crippen molar-refractivity contribution in [3.63, 3.8) is 0 Å². The lowest BCUT2D eigenvalue weighted by atomic mass is 10.3. The lowest BCUT2D eigenvalue weighted by Gasteiger charge is -2.10. The van der Waals surface area contributed by atoms with E-state index in [0.29, 0.717) is 30.6 Å². The van der Waals surface area contributed by atoms with Gasteiger partial charge in [0.1, 0.15) is 5.69 Å². The first-order valence-electron chi connectivity index (χ1n) is 6.40. The third kappa shape index (κ3) is 4.00. The summed E-state index contributed by atoms with van der Waals surface area (Å²) in [6.45, 7) is 3.14. The fourth-order valence-electron chi connectivity index (χ4n) is 1.63. The van der Waals surface area contributed by atoms with Gasteiger partial charge in [0.15, 0.2) is 0 Å². The minimum Gasteiger partial charge on any atom is -0.476 e. The van der Waals surface area contributed by atoms with Crippen LogP contribution in [0.25, 0.3) is 0 Å². The molecule has 1 aromatic heterocycles. The Morgan fingerprint density at radius 1 is 1.56 bits per heavy atom. The van der Waals surface area contributed by atoms with Crippen LogP contribution in [0.2, 0.25) is 0 Å². The van der Waals surface area contributed by atoms with Crippen LogP contribution in [0.5, 0.6) is 5.88 Å². The lowest BCUT2D eigenvalue weighted by molar-refractivity contribution is -0.116. The van der Waals surface area contributed by atoms with Crippen molar-refractivity contribution in [2.75, 3.05) is 18.5 Å². The molecule has 0 atom stereocenters. The van der Waals surface area contributed by atoms with E-state index in [1.165, 1.54) is 12.8 Å². The number of nitrogens with one attached hydrogen (secondary N) is 2. The van der Waals surface area contributed by atoms with E-state index in [1.807, 2.05) is 6.92 Å². The van der Waals surface area contributed by atoms with Crippen LogP contribution in [0.15, 0.2) is 18.3 Å². The monoisotopic (exact) mass is 249 g/mol. The van der Waals surface area contributed by atoms with E-state index in [9.17, 15) is 4.79 Å². The molecular formula is C13H19N3O2. The van der Waals surface area contributed by atoms with Crippen LogP contribution in [0.3, 0.4) is 0 Å². The molecule has 0 bridgehead atoms. The molecule has 0 saturated heterocycles. The zero-order chi connectivity index (χ0) is 12.8. The van der Waals surface area contributed by atoms with Crippen LogP contribution < -0.4 is 15.4 Å². The Morgan fingerprint density at radius 2 is 2.39 bits per heavy atom. The molecule has 1 saturated carbocycles. The molecule has 2 N–H and O–H groups in total. The highest BCUT2D eigenvalue weighted by atomic mass is 16.5. The van der Waals surface area contributed by atoms with Crippen molar-refractivity contribution >= 4 is 11.6 Å². The highest BCUT2D eigenvalue weighted by Crippen LogP contribution is 2.21. The molecule has 0 aromatic carbocycles. The quantitative estimate of drug-likeness (QED) is 0.769. The Hall–Kier alpha value is -1.62. The zero-order valence-electron chi connectivity index (χ0n) is 10.6. The van der Waals surface area contributed by atoms with Gasteiger partial charge >= 0.3 is 0 Å². The summed E-state index contributed by atoms with van der Waals surface area (Å²) in [7, 11) is 0. The smallest absolute Gasteiger partial charge is 0.237 e. The summed E-state index contributed by atoms with van der Waals surface area (Å²) in [5, 5.41) is 6.13. The summed E-state index contributed by atoms with van der Waals surface area (Å²) < 4.78 is 5.35. The Bertz CT molecular complexity index is 405. The van der Waals surface area contributed by atoms with Crippen LogP contribution in [0.1, 0.15) is 26.2 Å². The van der Waals surface area contributed by atoms with Crippen molar-refractivity contribution in [2.24, 2.45) is 0 Å². The standard InChI is InChI=1S/C13H19N3O2/c1-2-18-13-11(4-3-8-15-13)16-12(17)7-9-14-10-5-6-10/h3-4,8,10,14H,2,5-7,9H2,1H3,(H,16,17). The van der Waals surface area contributed by atoms with E-state index >= 15 is 0 Å². The van der Waals surface area contributed by atoms with Crippen LogP contribution >= 0.6 is 0 Å². The predicted molar refractivity (Wildman–Crippen MR) is 69.7 cm³/mol. The lowest BCUT2D eigenvalue weighted by Crippen LogP contribution is -2.23. The number of pyridine rings is 1. The molecule has 98 valence electrons. The van der Waals surface area contributed by atoms with E-state index in [1.54, 1.807) is 18.3 Å². The highest BCUT2D eigenvalue weighted by Gasteiger charge is 2.20. The van der Waals surface area contributed by atoms with E-state index in [-0.39, 0.29) is 5.91 Å². The van der Waals surface area contributed by atoms with Gasteiger partial charge in [-0.3, -0.25) is 4.79 Å². The SMILES string of the molecule is CCOc1ncccc1NC(=O)CCNC1CC1. The van der Waals surface area contributed by atoms with Crippen molar-refractivity contribution in [3.05, 3.63) is 18.3 Å². The van der Waals surface area contributed by atoms with Gasteiger partial charge in [0.2, 0.25) is 11.8 Å². The second-order valence-corrected chi connectivity index (χ2v) is 4.32. The Labute approximate surface area is 107 Å². The Balaban J connectivity index is 1.81. The minimum absolute atomic E-state index is 0.0166. The third-order valence-corrected chi connectivity index (χ3v) is 2.69. The summed E-state index contributed by atoms with van der Waals surface area (Å²) in [5.41, 5.74) is 0.635. The highest BCUT2D eigenvalue weighted by molar-refractivity contribution is 5.91. The average molecular weight is 249 g/mol. The van der Waals surface area contributed by atoms with Crippen LogP contribution in [0.4, 0.5) is 5.69 Å². The first-order chi connectivity index (χ1) is 8.79. The number of amides is 1. The van der Waals surface area contributed by atoms with Gasteiger partial charge in [-0.2, -0.15) is 0 Å². The fourth-order valence-corrected chi connectivity index (χ4v) is 1.63. The van der Waals surface area contributed by atoms with E-state index in [4.69, 9.17) is 4.74 Å². The number of carbonyl (C=O) groups excluding carboxylic acids is 1. The van der Waals surface area contributed by atoms with Gasteiger partial charge in [-0.1, -0.05) is 0 Å². The molecule has 1 fully saturated rings. The summed E-state index contributed by atoms with van der Waals surface area (Å²) in [4.78, 5) is 15.8. The van der Waals surface area contributed by atoms with Gasteiger partial charge in [-0.25, -0.2) is 4.98 Å². The van der Waals surface area contributed by atoms with Crippen LogP contribution in [-0.2, 0) is 4.79 Å². The molecule has 18 heavy (non-hydrogen) atoms. The molecule has 1 heterocycles. The van der Waals surface area contributed by atoms with Gasteiger partial charge in [-0.15, -0.1) is 0 Å². The van der Waals surface area contributed by atoms with E-state index < -0.39 is 0 Å². The predicted octanol–water partition coefficient (Wildman–Crippen LogP) is 1.56. The molecule has 5 nitrogen and oxygen atoms in total. The maximum absolute atomic E-state index is 11.7. The summed E-state index contributed by atoms with van der Waals surface area (Å²) in [5.74, 6) is 0.459. The second-order valence-electron chi connectivity index (χ2n) is 4.32. The second kappa shape index (κ2) is 6.35. The van der Waals surface area contributed by atoms with Crippen molar-refractivity contribution in [3.8, 4) is 5.88 Å². The number of rotatable bonds is 7. The summed E-state index contributed by atoms with van der Waals surface area (Å²) in [6.07, 6.45) is 4.59. The van der Waals surface area contributed by atoms with Crippen molar-refractivity contribution < 1.29 is 9.53 Å². The van der Waals surface area contributed by atoms with Gasteiger partial charge in [0, 0.05) is 25.2 Å². The van der Waals surface area contributed by atoms with Gasteiger partial charge in [0.05, 0.1) is 6.61 Å². The number of hydrogen-bond acceptors (Lipinski definition) is 4. The molecule has 1 amide bonds. The van der Waals surface area contributed by atoms with Crippen molar-refractivity contribution in [2.45, 2.75) is 32.2 Å². The van der Waals surface area contributed by atoms with Gasteiger partial charge in [0.25, 0.3) is 0 Å². The maximum atomic E-state index is 11.7. The van der Waals surface area contributed by atoms with Crippen molar-refractivity contribution in [1.82, 2.24) is 10.3 Å². The molecule has 0 aliphatic heterocycles. The normalized spacial score (nSPS) is 14.3. The molecule has 0 unspecified atom stereocenters. The number of carbonyl (C=O) groups is 1. The number of anilines is 1. The first kappa shape index (κ1) is 12.8. The average Bonchev–Trinajstić information content (AvgIpc) is 3.16. The van der Waals surface area contributed by atoms with E-state index in [2.05, 4.69) is 15.6 Å². The number of aromatic nitrogens is 1. The molecule has 0 radical (unpaired) electrons. The fraction of sp³-hybridized carbons (Fsp3) is 0.538. The molecular weight excluding hydrogens is 230 g/mol. The third-order valence-electron chi connectivity index (χ3n) is 2.69. The topological polar surface area (TPSA) is 63.2 Å². The molecule has 1 aliphatic rings. The van der Waals surface area contributed by atoms with Gasteiger partial charge in [-0.05, 0) is 31.9 Å². The summed E-state index contributed by atoms with van der Waals surface area (Å²) in [6, 6.07) is 4.21. The molecule has 1 aliphatic carbocycles. The minimum atomic E-state index is -0.0166. The van der Waals surface area contributed by atoms with Crippen LogP contribution in [-0.4, -0.2) is 30.1 Å². The summed E-state index contributed by atoms with van der Waals surface area (Å²) >= 11 is 0. The van der Waals surface area contributed by atoms with Crippen LogP contribution in [0, 0.1) is 0 Å². The molecule has 0 spiro atoms. The molecule has 1 aromatic rings. The first-order valence-corrected chi connectivity index (χ1v) is 6.40. The molecule has 5 heteroatoms. The van der Waals surface area contributed by atoms with E-state index in [0.717, 1.165) is 6.54 Å². The number of hydrogen-bond donors (Lipinski definition) is 2. The molecule has 2 rings (SSSR count). The Morgan fingerprint density at radius 3 is 3.11 bits per heavy atom. The van der Waals surface area contributed by atoms with Gasteiger partial charge < -0.3 is 15.4 Å². The zero-order valence-corrected chi connectivity index (χ0v) is 10.6. The maximum Gasteiger partial charge on any atom is 0.237 e. The number of ether oxygens (including phenoxy) is 1.